The van der Waals surface area contributed by atoms with Crippen LogP contribution < -0.4 is 0 Å². The van der Waals surface area contributed by atoms with Gasteiger partial charge in [0.05, 0.1) is 16.8 Å². The number of hydrogen-bond donors (Lipinski definition) is 1. The van der Waals surface area contributed by atoms with Gasteiger partial charge in [-0.3, -0.25) is 4.90 Å². The van der Waals surface area contributed by atoms with Crippen LogP contribution in [0.4, 0.5) is 0 Å². The average molecular weight is 297 g/mol. The fourth-order valence-corrected chi connectivity index (χ4v) is 3.06. The Balaban J connectivity index is 2.09. The summed E-state index contributed by atoms with van der Waals surface area (Å²) in [7, 11) is 1.97. The van der Waals surface area contributed by atoms with Crippen LogP contribution in [-0.4, -0.2) is 34.7 Å². The van der Waals surface area contributed by atoms with Crippen molar-refractivity contribution < 1.29 is 5.11 Å². The summed E-state index contributed by atoms with van der Waals surface area (Å²) in [6.07, 6.45) is -0.327. The van der Waals surface area contributed by atoms with Crippen molar-refractivity contribution in [2.75, 3.05) is 13.6 Å². The Labute approximate surface area is 122 Å². The SMILES string of the molecule is CC(O)CN(C)Cc1csc(-c2ccccc2Cl)n1. The minimum absolute atomic E-state index is 0.327. The van der Waals surface area contributed by atoms with Crippen molar-refractivity contribution in [1.29, 1.82) is 0 Å². The second kappa shape index (κ2) is 6.48. The summed E-state index contributed by atoms with van der Waals surface area (Å²) in [6.45, 7) is 3.15. The number of halogens is 1. The average Bonchev–Trinajstić information content (AvgIpc) is 2.76. The lowest BCUT2D eigenvalue weighted by molar-refractivity contribution is 0.138. The molecule has 2 aromatic rings. The predicted octanol–water partition coefficient (Wildman–Crippen LogP) is 3.28. The zero-order valence-electron chi connectivity index (χ0n) is 11.0. The van der Waals surface area contributed by atoms with E-state index in [0.29, 0.717) is 6.54 Å². The first-order chi connectivity index (χ1) is 9.06. The van der Waals surface area contributed by atoms with E-state index in [1.165, 1.54) is 0 Å². The molecular formula is C14H17ClN2OS. The molecule has 0 saturated carbocycles. The van der Waals surface area contributed by atoms with Crippen LogP contribution in [0.15, 0.2) is 29.6 Å². The Kier molecular flexibility index (Phi) is 4.93. The molecule has 102 valence electrons. The number of benzene rings is 1. The second-order valence-corrected chi connectivity index (χ2v) is 5.93. The van der Waals surface area contributed by atoms with Crippen LogP contribution in [0.2, 0.25) is 5.02 Å². The highest BCUT2D eigenvalue weighted by Gasteiger charge is 2.10. The van der Waals surface area contributed by atoms with Gasteiger partial charge in [-0.25, -0.2) is 4.98 Å². The number of thiazole rings is 1. The highest BCUT2D eigenvalue weighted by atomic mass is 35.5. The quantitative estimate of drug-likeness (QED) is 0.920. The molecule has 1 atom stereocenters. The van der Waals surface area contributed by atoms with Crippen LogP contribution in [0.1, 0.15) is 12.6 Å². The first-order valence-electron chi connectivity index (χ1n) is 6.12. The summed E-state index contributed by atoms with van der Waals surface area (Å²) in [5.74, 6) is 0. The molecule has 0 spiro atoms. The maximum absolute atomic E-state index is 9.34. The van der Waals surface area contributed by atoms with Crippen LogP contribution >= 0.6 is 22.9 Å². The van der Waals surface area contributed by atoms with Gasteiger partial charge in [-0.2, -0.15) is 0 Å². The minimum Gasteiger partial charge on any atom is -0.392 e. The molecule has 1 aromatic carbocycles. The van der Waals surface area contributed by atoms with Gasteiger partial charge in [0.2, 0.25) is 0 Å². The minimum atomic E-state index is -0.327. The van der Waals surface area contributed by atoms with E-state index >= 15 is 0 Å². The molecule has 0 saturated heterocycles. The third kappa shape index (κ3) is 4.01. The summed E-state index contributed by atoms with van der Waals surface area (Å²) in [4.78, 5) is 6.65. The molecule has 0 bridgehead atoms. The smallest absolute Gasteiger partial charge is 0.125 e. The number of aliphatic hydroxyl groups is 1. The first kappa shape index (κ1) is 14.5. The summed E-state index contributed by atoms with van der Waals surface area (Å²) >= 11 is 7.76. The third-order valence-corrected chi connectivity index (χ3v) is 3.92. The maximum Gasteiger partial charge on any atom is 0.125 e. The van der Waals surface area contributed by atoms with Gasteiger partial charge in [-0.15, -0.1) is 11.3 Å². The van der Waals surface area contributed by atoms with Crippen LogP contribution in [-0.2, 0) is 6.54 Å². The largest absolute Gasteiger partial charge is 0.392 e. The third-order valence-electron chi connectivity index (χ3n) is 2.66. The number of rotatable bonds is 5. The van der Waals surface area contributed by atoms with Crippen molar-refractivity contribution >= 4 is 22.9 Å². The molecule has 2 rings (SSSR count). The Morgan fingerprint density at radius 1 is 1.42 bits per heavy atom. The molecule has 0 amide bonds. The standard InChI is InChI=1S/C14H17ClN2OS/c1-10(18)7-17(2)8-11-9-19-14(16-11)12-5-3-4-6-13(12)15/h3-6,9-10,18H,7-8H2,1-2H3. The summed E-state index contributed by atoms with van der Waals surface area (Å²) in [5, 5.41) is 13.0. The maximum atomic E-state index is 9.34. The molecule has 1 heterocycles. The number of aliphatic hydroxyl groups excluding tert-OH is 1. The van der Waals surface area contributed by atoms with Crippen molar-refractivity contribution in [3.05, 3.63) is 40.4 Å². The van der Waals surface area contributed by atoms with E-state index in [9.17, 15) is 5.11 Å². The highest BCUT2D eigenvalue weighted by molar-refractivity contribution is 7.13. The molecule has 1 aromatic heterocycles. The number of nitrogens with zero attached hydrogens (tertiary/aromatic N) is 2. The second-order valence-electron chi connectivity index (χ2n) is 4.67. The Hall–Kier alpha value is -0.940. The van der Waals surface area contributed by atoms with Crippen molar-refractivity contribution in [3.63, 3.8) is 0 Å². The zero-order valence-corrected chi connectivity index (χ0v) is 12.6. The Morgan fingerprint density at radius 2 is 2.16 bits per heavy atom. The lowest BCUT2D eigenvalue weighted by Crippen LogP contribution is -2.26. The van der Waals surface area contributed by atoms with E-state index in [4.69, 9.17) is 11.6 Å². The zero-order chi connectivity index (χ0) is 13.8. The fraction of sp³-hybridized carbons (Fsp3) is 0.357. The fourth-order valence-electron chi connectivity index (χ4n) is 1.93. The first-order valence-corrected chi connectivity index (χ1v) is 7.38. The summed E-state index contributed by atoms with van der Waals surface area (Å²) < 4.78 is 0. The molecule has 3 nitrogen and oxygen atoms in total. The molecule has 1 N–H and O–H groups in total. The molecule has 0 fully saturated rings. The van der Waals surface area contributed by atoms with Gasteiger partial charge in [0.15, 0.2) is 0 Å². The van der Waals surface area contributed by atoms with Crippen LogP contribution in [0.25, 0.3) is 10.6 Å². The van der Waals surface area contributed by atoms with E-state index in [-0.39, 0.29) is 6.10 Å². The predicted molar refractivity (Wildman–Crippen MR) is 80.6 cm³/mol. The molecule has 1 unspecified atom stereocenters. The lowest BCUT2D eigenvalue weighted by Gasteiger charge is -2.16. The number of aromatic nitrogens is 1. The molecule has 0 aliphatic carbocycles. The van der Waals surface area contributed by atoms with Crippen molar-refractivity contribution in [1.82, 2.24) is 9.88 Å². The van der Waals surface area contributed by atoms with Gasteiger partial charge in [0.25, 0.3) is 0 Å². The van der Waals surface area contributed by atoms with Gasteiger partial charge >= 0.3 is 0 Å². The van der Waals surface area contributed by atoms with Crippen LogP contribution in [0.3, 0.4) is 0 Å². The van der Waals surface area contributed by atoms with E-state index < -0.39 is 0 Å². The van der Waals surface area contributed by atoms with E-state index in [0.717, 1.165) is 27.8 Å². The van der Waals surface area contributed by atoms with Crippen molar-refractivity contribution in [2.45, 2.75) is 19.6 Å². The summed E-state index contributed by atoms with van der Waals surface area (Å²) in [6, 6.07) is 7.72. The molecular weight excluding hydrogens is 280 g/mol. The summed E-state index contributed by atoms with van der Waals surface area (Å²) in [5.41, 5.74) is 1.97. The van der Waals surface area contributed by atoms with E-state index in [2.05, 4.69) is 9.88 Å². The van der Waals surface area contributed by atoms with Crippen LogP contribution in [0, 0.1) is 0 Å². The molecule has 0 aliphatic heterocycles. The van der Waals surface area contributed by atoms with Gasteiger partial charge in [0.1, 0.15) is 5.01 Å². The lowest BCUT2D eigenvalue weighted by atomic mass is 10.2. The van der Waals surface area contributed by atoms with Gasteiger partial charge in [-0.1, -0.05) is 29.8 Å². The molecule has 19 heavy (non-hydrogen) atoms. The van der Waals surface area contributed by atoms with Crippen molar-refractivity contribution in [3.8, 4) is 10.6 Å². The van der Waals surface area contributed by atoms with E-state index in [1.54, 1.807) is 18.3 Å². The molecule has 5 heteroatoms. The molecule has 0 radical (unpaired) electrons. The normalized spacial score (nSPS) is 12.9. The van der Waals surface area contributed by atoms with Gasteiger partial charge in [0, 0.05) is 24.0 Å². The van der Waals surface area contributed by atoms with Gasteiger partial charge in [-0.05, 0) is 20.0 Å². The van der Waals surface area contributed by atoms with E-state index in [1.807, 2.05) is 36.7 Å². The van der Waals surface area contributed by atoms with Gasteiger partial charge < -0.3 is 5.11 Å². The Morgan fingerprint density at radius 3 is 2.84 bits per heavy atom. The monoisotopic (exact) mass is 296 g/mol. The Bertz CT molecular complexity index is 542. The number of hydrogen-bond acceptors (Lipinski definition) is 4. The molecule has 0 aliphatic rings. The topological polar surface area (TPSA) is 36.4 Å². The highest BCUT2D eigenvalue weighted by Crippen LogP contribution is 2.30. The van der Waals surface area contributed by atoms with Crippen LogP contribution in [0.5, 0.6) is 0 Å². The number of likely N-dealkylation sites (N-methyl/N-ethyl adjacent to an activating group) is 1. The van der Waals surface area contributed by atoms with Crippen molar-refractivity contribution in [2.24, 2.45) is 0 Å².